The number of benzene rings is 6. The Hall–Kier alpha value is -8.41. The number of amides is 3. The smallest absolute Gasteiger partial charge is 0.408 e. The molecule has 0 heterocycles. The number of ether oxygens (including phenoxy) is 3. The van der Waals surface area contributed by atoms with E-state index < -0.39 is 55.8 Å². The lowest BCUT2D eigenvalue weighted by Crippen LogP contribution is -2.47. The van der Waals surface area contributed by atoms with E-state index in [4.69, 9.17) is 19.9 Å². The highest BCUT2D eigenvalue weighted by molar-refractivity contribution is 7.89. The van der Waals surface area contributed by atoms with Crippen LogP contribution in [-0.2, 0) is 79.5 Å². The monoisotopic (exact) mass is 1390 g/mol. The minimum absolute atomic E-state index is 0.00255. The van der Waals surface area contributed by atoms with Crippen LogP contribution in [0, 0.1) is 35.3 Å². The Bertz CT molecular complexity index is 4160. The molecule has 3 amide bonds. The molecule has 6 aromatic rings. The number of sulfonamides is 2. The Balaban J connectivity index is 0.000000234. The molecule has 4 atom stereocenters. The average Bonchev–Trinajstić information content (AvgIpc) is 1.71. The molecule has 2 saturated carbocycles. The van der Waals surface area contributed by atoms with Crippen LogP contribution in [0.25, 0.3) is 23.3 Å². The Kier molecular flexibility index (Phi) is 24.7. The maximum absolute atomic E-state index is 13.4. The van der Waals surface area contributed by atoms with E-state index in [1.165, 1.54) is 24.3 Å². The van der Waals surface area contributed by atoms with Gasteiger partial charge in [0.05, 0.1) is 21.9 Å². The normalized spacial score (nSPS) is 18.8. The lowest BCUT2D eigenvalue weighted by Gasteiger charge is -2.29. The van der Waals surface area contributed by atoms with E-state index in [1.807, 2.05) is 108 Å². The van der Waals surface area contributed by atoms with Gasteiger partial charge in [0.15, 0.2) is 0 Å². The molecule has 10 rings (SSSR count). The Labute approximate surface area is 580 Å². The van der Waals surface area contributed by atoms with Crippen molar-refractivity contribution in [2.75, 3.05) is 0 Å². The number of fused-ring (bicyclic) bond motifs is 2. The lowest BCUT2D eigenvalue weighted by atomic mass is 9.85. The van der Waals surface area contributed by atoms with Gasteiger partial charge in [-0.05, 0) is 226 Å². The molecule has 0 saturated heterocycles. The first-order valence-electron chi connectivity index (χ1n) is 34.0. The van der Waals surface area contributed by atoms with E-state index in [-0.39, 0.29) is 94.3 Å². The number of rotatable bonds is 23. The van der Waals surface area contributed by atoms with Gasteiger partial charge in [-0.2, -0.15) is 0 Å². The van der Waals surface area contributed by atoms with Crippen molar-refractivity contribution in [1.82, 2.24) is 25.4 Å². The van der Waals surface area contributed by atoms with Crippen LogP contribution >= 0.6 is 0 Å². The predicted molar refractivity (Wildman–Crippen MR) is 377 cm³/mol. The van der Waals surface area contributed by atoms with E-state index in [0.717, 1.165) is 66.8 Å². The number of nitrogens with two attached hydrogens (primary N) is 1. The Morgan fingerprint density at radius 3 is 1.25 bits per heavy atom. The van der Waals surface area contributed by atoms with Crippen LogP contribution in [0.15, 0.2) is 143 Å². The SMILES string of the molecule is CC(C)[C@H](N)C(=O)OCc1ccc(C2=Cc3ccc(S(=O)(=O)NC4CCC(C(=O)N[C@H](C)c5ccc(F)cc5)CC4)cc3C2)cc1.CC(C)[C@H](NC(=O)OC(C)(C)C)C(=O)OCc1ccc(C2=Cc3ccc(S(=O)(=O)NC4CCC(C(=O)N[C@H](C)c5ccc(F)cc5)CC4)cc3C2)cc1. The third-order valence-electron chi connectivity index (χ3n) is 18.6. The molecule has 0 aliphatic heterocycles. The van der Waals surface area contributed by atoms with Crippen LogP contribution in [0.3, 0.4) is 0 Å². The number of hydrogen-bond donors (Lipinski definition) is 6. The summed E-state index contributed by atoms with van der Waals surface area (Å²) in [6, 6.07) is 35.4. The molecule has 4 aliphatic carbocycles. The van der Waals surface area contributed by atoms with E-state index in [1.54, 1.807) is 69.3 Å². The van der Waals surface area contributed by atoms with Crippen molar-refractivity contribution >= 4 is 73.2 Å². The van der Waals surface area contributed by atoms with Gasteiger partial charge in [0.1, 0.15) is 42.5 Å². The number of carbonyl (C=O) groups excluding carboxylic acids is 5. The maximum atomic E-state index is 13.4. The summed E-state index contributed by atoms with van der Waals surface area (Å²) in [6.07, 6.45) is 9.14. The van der Waals surface area contributed by atoms with Gasteiger partial charge < -0.3 is 35.9 Å². The number of esters is 2. The van der Waals surface area contributed by atoms with Crippen molar-refractivity contribution in [3.8, 4) is 0 Å². The predicted octanol–water partition coefficient (Wildman–Crippen LogP) is 12.9. The molecule has 0 aromatic heterocycles. The first kappa shape index (κ1) is 74.8. The first-order chi connectivity index (χ1) is 46.9. The van der Waals surface area contributed by atoms with Gasteiger partial charge in [-0.1, -0.05) is 125 Å². The zero-order valence-electron chi connectivity index (χ0n) is 57.7. The molecule has 528 valence electrons. The highest BCUT2D eigenvalue weighted by Crippen LogP contribution is 2.37. The molecular formula is C77H92F2N6O12S2. The number of nitrogens with one attached hydrogen (secondary N) is 5. The van der Waals surface area contributed by atoms with Crippen molar-refractivity contribution < 1.29 is 63.8 Å². The fourth-order valence-electron chi connectivity index (χ4n) is 12.5. The van der Waals surface area contributed by atoms with Gasteiger partial charge in [-0.3, -0.25) is 14.4 Å². The topological polar surface area (TPSA) is 267 Å². The second-order valence-electron chi connectivity index (χ2n) is 28.1. The largest absolute Gasteiger partial charge is 0.460 e. The molecule has 0 bridgehead atoms. The first-order valence-corrected chi connectivity index (χ1v) is 36.9. The van der Waals surface area contributed by atoms with Crippen molar-refractivity contribution in [1.29, 1.82) is 0 Å². The molecule has 99 heavy (non-hydrogen) atoms. The number of carbonyl (C=O) groups is 5. The van der Waals surface area contributed by atoms with Crippen LogP contribution in [-0.4, -0.2) is 76.5 Å². The number of hydrogen-bond acceptors (Lipinski definition) is 13. The summed E-state index contributed by atoms with van der Waals surface area (Å²) >= 11 is 0. The molecule has 18 nitrogen and oxygen atoms in total. The van der Waals surface area contributed by atoms with Crippen molar-refractivity contribution in [2.24, 2.45) is 29.4 Å². The zero-order valence-corrected chi connectivity index (χ0v) is 59.3. The Morgan fingerprint density at radius 1 is 0.505 bits per heavy atom. The molecule has 0 radical (unpaired) electrons. The minimum Gasteiger partial charge on any atom is -0.460 e. The van der Waals surface area contributed by atoms with Crippen LogP contribution in [0.4, 0.5) is 13.6 Å². The second-order valence-corrected chi connectivity index (χ2v) is 31.5. The standard InChI is InChI=1S/C41H50FN3O7S.C36H42FN3O5S/c1-25(2)37(44-40(48)52-41(4,5)6)39(47)51-24-27-7-9-29(10-8-27)32-21-31-15-20-36(23-33(31)22-32)53(49,50)45-35-18-13-30(14-19-35)38(46)43-26(3)28-11-16-34(42)17-12-28;1-22(2)34(38)36(42)45-21-24-4-6-26(7-5-24)29-18-28-12-17-33(20-30(28)19-29)46(43,44)40-32-15-10-27(11-16-32)35(41)39-23(3)25-8-13-31(37)14-9-25/h7-12,15-17,20-21,23,25-26,30,35,37,45H,13-14,18-19,22,24H2,1-6H3,(H,43,46)(H,44,48);4-9,12-14,17-18,20,22-23,27,32,34,40H,10-11,15-16,19,21,38H2,1-3H3,(H,39,41)/t26-,30?,35?,37+;23-,27?,32?,34+/m11/s1. The van der Waals surface area contributed by atoms with Gasteiger partial charge in [0, 0.05) is 23.9 Å². The molecular weight excluding hydrogens is 1300 g/mol. The molecule has 22 heteroatoms. The zero-order chi connectivity index (χ0) is 71.5. The van der Waals surface area contributed by atoms with E-state index >= 15 is 0 Å². The average molecular weight is 1400 g/mol. The van der Waals surface area contributed by atoms with Gasteiger partial charge in [0.25, 0.3) is 0 Å². The summed E-state index contributed by atoms with van der Waals surface area (Å²) in [7, 11) is -7.53. The minimum atomic E-state index is -3.78. The van der Waals surface area contributed by atoms with E-state index in [0.29, 0.717) is 64.2 Å². The Morgan fingerprint density at radius 2 is 0.889 bits per heavy atom. The summed E-state index contributed by atoms with van der Waals surface area (Å²) in [5, 5.41) is 8.62. The summed E-state index contributed by atoms with van der Waals surface area (Å²) in [5.41, 5.74) is 16.3. The van der Waals surface area contributed by atoms with Crippen molar-refractivity contribution in [3.05, 3.63) is 201 Å². The summed E-state index contributed by atoms with van der Waals surface area (Å²) < 4.78 is 102. The van der Waals surface area contributed by atoms with Gasteiger partial charge >= 0.3 is 18.0 Å². The molecule has 7 N–H and O–H groups in total. The van der Waals surface area contributed by atoms with E-state index in [2.05, 4.69) is 31.5 Å². The van der Waals surface area contributed by atoms with Crippen LogP contribution in [0.1, 0.15) is 181 Å². The summed E-state index contributed by atoms with van der Waals surface area (Å²) in [5.74, 6) is -2.36. The summed E-state index contributed by atoms with van der Waals surface area (Å²) in [6.45, 7) is 16.5. The molecule has 4 aliphatic rings. The van der Waals surface area contributed by atoms with E-state index in [9.17, 15) is 49.6 Å². The molecule has 6 aromatic carbocycles. The molecule has 2 fully saturated rings. The van der Waals surface area contributed by atoms with Gasteiger partial charge in [0.2, 0.25) is 31.9 Å². The second kappa shape index (κ2) is 32.7. The highest BCUT2D eigenvalue weighted by atomic mass is 32.2. The quantitative estimate of drug-likeness (QED) is 0.0258. The maximum Gasteiger partial charge on any atom is 0.408 e. The third kappa shape index (κ3) is 20.6. The van der Waals surface area contributed by atoms with Crippen LogP contribution in [0.2, 0.25) is 0 Å². The van der Waals surface area contributed by atoms with Gasteiger partial charge in [-0.25, -0.2) is 44.6 Å². The van der Waals surface area contributed by atoms with Crippen molar-refractivity contribution in [3.63, 3.8) is 0 Å². The number of allylic oxidation sites excluding steroid dienone is 2. The van der Waals surface area contributed by atoms with Crippen molar-refractivity contribution in [2.45, 2.75) is 191 Å². The molecule has 0 spiro atoms. The summed E-state index contributed by atoms with van der Waals surface area (Å²) in [4.78, 5) is 63.3. The number of alkyl carbamates (subject to hydrolysis) is 1. The lowest BCUT2D eigenvalue weighted by molar-refractivity contribution is -0.149. The van der Waals surface area contributed by atoms with Gasteiger partial charge in [-0.15, -0.1) is 0 Å². The van der Waals surface area contributed by atoms with Crippen LogP contribution < -0.4 is 31.1 Å². The fourth-order valence-corrected chi connectivity index (χ4v) is 15.2. The van der Waals surface area contributed by atoms with Crippen LogP contribution in [0.5, 0.6) is 0 Å². The number of halogens is 2. The highest BCUT2D eigenvalue weighted by Gasteiger charge is 2.34. The third-order valence-corrected chi connectivity index (χ3v) is 21.6. The molecule has 0 unspecified atom stereocenters. The fraction of sp³-hybridized carbons (Fsp3) is 0.416.